The second-order valence-corrected chi connectivity index (χ2v) is 6.17. The van der Waals surface area contributed by atoms with Gasteiger partial charge in [-0.15, -0.1) is 0 Å². The van der Waals surface area contributed by atoms with E-state index in [-0.39, 0.29) is 6.04 Å². The van der Waals surface area contributed by atoms with Crippen LogP contribution in [-0.2, 0) is 0 Å². The Kier molecular flexibility index (Phi) is 4.29. The summed E-state index contributed by atoms with van der Waals surface area (Å²) in [6, 6.07) is 4.42. The minimum atomic E-state index is -0.0180. The molecule has 0 fully saturated rings. The Morgan fingerprint density at radius 3 is 2.40 bits per heavy atom. The number of nitrogens with two attached hydrogens (primary N) is 1. The van der Waals surface area contributed by atoms with Gasteiger partial charge in [0, 0.05) is 5.56 Å². The van der Waals surface area contributed by atoms with Gasteiger partial charge in [-0.05, 0) is 55.9 Å². The van der Waals surface area contributed by atoms with Crippen molar-refractivity contribution in [2.45, 2.75) is 47.1 Å². The Bertz CT molecular complexity index is 596. The Labute approximate surface area is 121 Å². The number of nitrogens with one attached hydrogen (secondary N) is 1. The van der Waals surface area contributed by atoms with Crippen LogP contribution in [0.15, 0.2) is 18.3 Å². The minimum absolute atomic E-state index is 0.0180. The summed E-state index contributed by atoms with van der Waals surface area (Å²) in [5.74, 6) is 1.45. The fourth-order valence-electron chi connectivity index (χ4n) is 2.53. The molecule has 0 amide bonds. The van der Waals surface area contributed by atoms with Gasteiger partial charge in [-0.3, -0.25) is 0 Å². The highest BCUT2D eigenvalue weighted by Crippen LogP contribution is 2.26. The molecule has 0 aliphatic carbocycles. The average Bonchev–Trinajstić information content (AvgIpc) is 2.82. The second kappa shape index (κ2) is 5.80. The maximum atomic E-state index is 6.19. The standard InChI is InChI=1S/C17H25N3/c1-10(2)6-15(18)17-19-9-16(20-17)14-8-12(4)11(3)7-13(14)5/h7-10,15H,6,18H2,1-5H3,(H,19,20). The number of aromatic nitrogens is 2. The van der Waals surface area contributed by atoms with Gasteiger partial charge < -0.3 is 10.7 Å². The number of hydrogen-bond donors (Lipinski definition) is 2. The number of hydrogen-bond acceptors (Lipinski definition) is 2. The number of rotatable bonds is 4. The summed E-state index contributed by atoms with van der Waals surface area (Å²) < 4.78 is 0. The van der Waals surface area contributed by atoms with Crippen LogP contribution < -0.4 is 5.73 Å². The van der Waals surface area contributed by atoms with Crippen molar-refractivity contribution in [1.29, 1.82) is 0 Å². The van der Waals surface area contributed by atoms with E-state index < -0.39 is 0 Å². The van der Waals surface area contributed by atoms with Gasteiger partial charge in [0.2, 0.25) is 0 Å². The molecular weight excluding hydrogens is 246 g/mol. The molecule has 1 unspecified atom stereocenters. The number of aromatic amines is 1. The summed E-state index contributed by atoms with van der Waals surface area (Å²) >= 11 is 0. The van der Waals surface area contributed by atoms with Crippen LogP contribution in [0.4, 0.5) is 0 Å². The molecule has 0 spiro atoms. The van der Waals surface area contributed by atoms with E-state index in [4.69, 9.17) is 5.73 Å². The summed E-state index contributed by atoms with van der Waals surface area (Å²) in [5.41, 5.74) is 12.3. The SMILES string of the molecule is Cc1cc(C)c(-c2cnc(C(N)CC(C)C)[nH]2)cc1C. The molecule has 0 saturated carbocycles. The quantitative estimate of drug-likeness (QED) is 0.881. The molecule has 1 atom stereocenters. The molecule has 1 aromatic heterocycles. The van der Waals surface area contributed by atoms with Crippen molar-refractivity contribution in [1.82, 2.24) is 9.97 Å². The van der Waals surface area contributed by atoms with E-state index in [1.807, 2.05) is 6.20 Å². The first-order chi connectivity index (χ1) is 9.38. The van der Waals surface area contributed by atoms with Crippen molar-refractivity contribution < 1.29 is 0 Å². The van der Waals surface area contributed by atoms with E-state index in [1.54, 1.807) is 0 Å². The zero-order valence-electron chi connectivity index (χ0n) is 13.1. The predicted octanol–water partition coefficient (Wildman–Crippen LogP) is 4.05. The fraction of sp³-hybridized carbons (Fsp3) is 0.471. The van der Waals surface area contributed by atoms with Gasteiger partial charge >= 0.3 is 0 Å². The first kappa shape index (κ1) is 14.8. The molecule has 0 aliphatic rings. The van der Waals surface area contributed by atoms with Crippen molar-refractivity contribution in [2.75, 3.05) is 0 Å². The van der Waals surface area contributed by atoms with Crippen LogP contribution in [0.1, 0.15) is 48.8 Å². The van der Waals surface area contributed by atoms with Gasteiger partial charge in [0.1, 0.15) is 5.82 Å². The molecular formula is C17H25N3. The Balaban J connectivity index is 2.31. The summed E-state index contributed by atoms with van der Waals surface area (Å²) in [4.78, 5) is 7.84. The first-order valence-corrected chi connectivity index (χ1v) is 7.27. The zero-order valence-corrected chi connectivity index (χ0v) is 13.1. The molecule has 2 rings (SSSR count). The molecule has 108 valence electrons. The van der Waals surface area contributed by atoms with Crippen molar-refractivity contribution in [3.8, 4) is 11.3 Å². The van der Waals surface area contributed by atoms with E-state index in [1.165, 1.54) is 22.3 Å². The molecule has 0 saturated heterocycles. The first-order valence-electron chi connectivity index (χ1n) is 7.27. The highest BCUT2D eigenvalue weighted by Gasteiger charge is 2.14. The second-order valence-electron chi connectivity index (χ2n) is 6.17. The lowest BCUT2D eigenvalue weighted by Crippen LogP contribution is -2.14. The van der Waals surface area contributed by atoms with Gasteiger partial charge in [-0.1, -0.05) is 19.9 Å². The van der Waals surface area contributed by atoms with Crippen LogP contribution in [0.3, 0.4) is 0 Å². The predicted molar refractivity (Wildman–Crippen MR) is 84.6 cm³/mol. The Hall–Kier alpha value is -1.61. The number of imidazole rings is 1. The van der Waals surface area contributed by atoms with Crippen LogP contribution in [0.25, 0.3) is 11.3 Å². The topological polar surface area (TPSA) is 54.7 Å². The summed E-state index contributed by atoms with van der Waals surface area (Å²) in [6.07, 6.45) is 2.84. The largest absolute Gasteiger partial charge is 0.341 e. The number of aryl methyl sites for hydroxylation is 3. The Morgan fingerprint density at radius 1 is 1.10 bits per heavy atom. The van der Waals surface area contributed by atoms with E-state index in [2.05, 4.69) is 56.7 Å². The van der Waals surface area contributed by atoms with Gasteiger partial charge in [-0.2, -0.15) is 0 Å². The lowest BCUT2D eigenvalue weighted by atomic mass is 9.99. The molecule has 1 aromatic carbocycles. The molecule has 0 radical (unpaired) electrons. The minimum Gasteiger partial charge on any atom is -0.341 e. The van der Waals surface area contributed by atoms with E-state index in [0.717, 1.165) is 17.9 Å². The normalized spacial score (nSPS) is 12.9. The van der Waals surface area contributed by atoms with Crippen molar-refractivity contribution in [2.24, 2.45) is 11.7 Å². The van der Waals surface area contributed by atoms with Crippen molar-refractivity contribution in [3.05, 3.63) is 40.8 Å². The van der Waals surface area contributed by atoms with Crippen LogP contribution >= 0.6 is 0 Å². The molecule has 0 aliphatic heterocycles. The highest BCUT2D eigenvalue weighted by atomic mass is 15.0. The summed E-state index contributed by atoms with van der Waals surface area (Å²) in [7, 11) is 0. The molecule has 3 N–H and O–H groups in total. The lowest BCUT2D eigenvalue weighted by molar-refractivity contribution is 0.496. The van der Waals surface area contributed by atoms with Crippen molar-refractivity contribution in [3.63, 3.8) is 0 Å². The van der Waals surface area contributed by atoms with Gasteiger partial charge in [-0.25, -0.2) is 4.98 Å². The van der Waals surface area contributed by atoms with Gasteiger partial charge in [0.05, 0.1) is 17.9 Å². The average molecular weight is 271 g/mol. The zero-order chi connectivity index (χ0) is 14.9. The molecule has 3 heteroatoms. The molecule has 2 aromatic rings. The maximum absolute atomic E-state index is 6.19. The molecule has 0 bridgehead atoms. The lowest BCUT2D eigenvalue weighted by Gasteiger charge is -2.11. The molecule has 3 nitrogen and oxygen atoms in total. The molecule has 20 heavy (non-hydrogen) atoms. The van der Waals surface area contributed by atoms with Gasteiger partial charge in [0.25, 0.3) is 0 Å². The van der Waals surface area contributed by atoms with Crippen molar-refractivity contribution >= 4 is 0 Å². The van der Waals surface area contributed by atoms with E-state index in [0.29, 0.717) is 5.92 Å². The van der Waals surface area contributed by atoms with Crippen LogP contribution in [0.2, 0.25) is 0 Å². The fourth-order valence-corrected chi connectivity index (χ4v) is 2.53. The van der Waals surface area contributed by atoms with E-state index >= 15 is 0 Å². The van der Waals surface area contributed by atoms with Crippen LogP contribution in [-0.4, -0.2) is 9.97 Å². The number of H-pyrrole nitrogens is 1. The van der Waals surface area contributed by atoms with Crippen LogP contribution in [0, 0.1) is 26.7 Å². The highest BCUT2D eigenvalue weighted by molar-refractivity contribution is 5.65. The molecule has 1 heterocycles. The third kappa shape index (κ3) is 3.10. The van der Waals surface area contributed by atoms with Crippen LogP contribution in [0.5, 0.6) is 0 Å². The third-order valence-electron chi connectivity index (χ3n) is 3.80. The number of nitrogens with zero attached hydrogens (tertiary/aromatic N) is 1. The smallest absolute Gasteiger partial charge is 0.123 e. The monoisotopic (exact) mass is 271 g/mol. The summed E-state index contributed by atoms with van der Waals surface area (Å²) in [5, 5.41) is 0. The number of benzene rings is 1. The Morgan fingerprint density at radius 2 is 1.75 bits per heavy atom. The maximum Gasteiger partial charge on any atom is 0.123 e. The summed E-state index contributed by atoms with van der Waals surface area (Å²) in [6.45, 7) is 10.8. The van der Waals surface area contributed by atoms with Gasteiger partial charge in [0.15, 0.2) is 0 Å². The van der Waals surface area contributed by atoms with E-state index in [9.17, 15) is 0 Å². The third-order valence-corrected chi connectivity index (χ3v) is 3.80.